The summed E-state index contributed by atoms with van der Waals surface area (Å²) in [7, 11) is 0. The molecule has 4 heteroatoms. The molecule has 0 spiro atoms. The van der Waals surface area contributed by atoms with Crippen molar-refractivity contribution in [3.05, 3.63) is 18.0 Å². The van der Waals surface area contributed by atoms with E-state index in [1.807, 2.05) is 4.68 Å². The maximum atomic E-state index is 5.98. The maximum Gasteiger partial charge on any atom is 0.0764 e. The van der Waals surface area contributed by atoms with Gasteiger partial charge in [-0.25, -0.2) is 0 Å². The van der Waals surface area contributed by atoms with Crippen LogP contribution in [0.1, 0.15) is 58.2 Å². The van der Waals surface area contributed by atoms with Crippen LogP contribution in [0, 0.1) is 5.92 Å². The highest BCUT2D eigenvalue weighted by Crippen LogP contribution is 2.28. The van der Waals surface area contributed by atoms with Gasteiger partial charge in [-0.05, 0) is 51.8 Å². The van der Waals surface area contributed by atoms with Crippen molar-refractivity contribution in [2.75, 3.05) is 13.1 Å². The fourth-order valence-corrected chi connectivity index (χ4v) is 3.36. The molecule has 0 radical (unpaired) electrons. The summed E-state index contributed by atoms with van der Waals surface area (Å²) in [5.41, 5.74) is 7.16. The first-order valence-electron chi connectivity index (χ1n) is 8.13. The van der Waals surface area contributed by atoms with Crippen molar-refractivity contribution in [3.8, 4) is 0 Å². The lowest BCUT2D eigenvalue weighted by Gasteiger charge is -2.39. The highest BCUT2D eigenvalue weighted by atomic mass is 15.3. The van der Waals surface area contributed by atoms with E-state index in [-0.39, 0.29) is 0 Å². The number of aromatic nitrogens is 2. The van der Waals surface area contributed by atoms with Crippen molar-refractivity contribution in [2.45, 2.75) is 65.1 Å². The highest BCUT2D eigenvalue weighted by Gasteiger charge is 2.28. The number of hydrogen-bond donors (Lipinski definition) is 1. The number of rotatable bonds is 6. The van der Waals surface area contributed by atoms with E-state index in [1.165, 1.54) is 31.4 Å². The van der Waals surface area contributed by atoms with Crippen molar-refractivity contribution in [3.63, 3.8) is 0 Å². The van der Waals surface area contributed by atoms with Crippen LogP contribution in [-0.4, -0.2) is 33.8 Å². The van der Waals surface area contributed by atoms with E-state index in [1.54, 1.807) is 0 Å². The molecule has 1 heterocycles. The van der Waals surface area contributed by atoms with Gasteiger partial charge < -0.3 is 5.73 Å². The summed E-state index contributed by atoms with van der Waals surface area (Å²) >= 11 is 0. The minimum Gasteiger partial charge on any atom is -0.330 e. The van der Waals surface area contributed by atoms with Crippen LogP contribution in [0.4, 0.5) is 0 Å². The minimum absolute atomic E-state index is 0.435. The van der Waals surface area contributed by atoms with Crippen molar-refractivity contribution in [2.24, 2.45) is 11.7 Å². The fraction of sp³-hybridized carbons (Fsp3) is 0.812. The Labute approximate surface area is 123 Å². The Hall–Kier alpha value is -0.870. The van der Waals surface area contributed by atoms with Gasteiger partial charge in [0.1, 0.15) is 0 Å². The van der Waals surface area contributed by atoms with Crippen LogP contribution in [-0.2, 0) is 6.54 Å². The minimum atomic E-state index is 0.435. The van der Waals surface area contributed by atoms with Crippen LogP contribution in [0.5, 0.6) is 0 Å². The molecule has 2 unspecified atom stereocenters. The van der Waals surface area contributed by atoms with Gasteiger partial charge in [0, 0.05) is 24.8 Å². The van der Waals surface area contributed by atoms with Crippen LogP contribution in [0.3, 0.4) is 0 Å². The third kappa shape index (κ3) is 3.61. The molecule has 0 aliphatic heterocycles. The van der Waals surface area contributed by atoms with E-state index >= 15 is 0 Å². The first-order chi connectivity index (χ1) is 9.65. The molecule has 1 aliphatic carbocycles. The quantitative estimate of drug-likeness (QED) is 0.870. The number of nitrogens with two attached hydrogens (primary N) is 1. The zero-order valence-electron chi connectivity index (χ0n) is 13.3. The molecule has 2 N–H and O–H groups in total. The Morgan fingerprint density at radius 1 is 1.40 bits per heavy atom. The maximum absolute atomic E-state index is 5.98. The molecular formula is C16H30N4. The first kappa shape index (κ1) is 15.5. The molecule has 2 atom stereocenters. The smallest absolute Gasteiger partial charge is 0.0764 e. The van der Waals surface area contributed by atoms with Crippen molar-refractivity contribution >= 4 is 0 Å². The molecular weight excluding hydrogens is 248 g/mol. The van der Waals surface area contributed by atoms with Crippen LogP contribution in [0.25, 0.3) is 0 Å². The predicted molar refractivity (Wildman–Crippen MR) is 83.5 cm³/mol. The van der Waals surface area contributed by atoms with Gasteiger partial charge in [0.15, 0.2) is 0 Å². The first-order valence-corrected chi connectivity index (χ1v) is 8.13. The van der Waals surface area contributed by atoms with E-state index in [4.69, 9.17) is 5.73 Å². The zero-order valence-corrected chi connectivity index (χ0v) is 13.3. The van der Waals surface area contributed by atoms with Gasteiger partial charge >= 0.3 is 0 Å². The Balaban J connectivity index is 2.03. The van der Waals surface area contributed by atoms with Crippen molar-refractivity contribution in [1.82, 2.24) is 14.7 Å². The van der Waals surface area contributed by atoms with Crippen molar-refractivity contribution in [1.29, 1.82) is 0 Å². The van der Waals surface area contributed by atoms with Gasteiger partial charge in [0.2, 0.25) is 0 Å². The molecule has 114 valence electrons. The van der Waals surface area contributed by atoms with E-state index in [0.29, 0.717) is 18.0 Å². The third-order valence-corrected chi connectivity index (χ3v) is 4.60. The second-order valence-electron chi connectivity index (χ2n) is 6.29. The van der Waals surface area contributed by atoms with Gasteiger partial charge in [-0.2, -0.15) is 5.10 Å². The number of nitrogens with zero attached hydrogens (tertiary/aromatic N) is 3. The summed E-state index contributed by atoms with van der Waals surface area (Å²) in [6.45, 7) is 9.44. The van der Waals surface area contributed by atoms with E-state index in [0.717, 1.165) is 19.6 Å². The monoisotopic (exact) mass is 278 g/mol. The molecule has 0 saturated heterocycles. The lowest BCUT2D eigenvalue weighted by atomic mass is 9.83. The summed E-state index contributed by atoms with van der Waals surface area (Å²) in [6.07, 6.45) is 7.36. The van der Waals surface area contributed by atoms with Gasteiger partial charge in [0.05, 0.1) is 5.69 Å². The van der Waals surface area contributed by atoms with Gasteiger partial charge in [-0.15, -0.1) is 0 Å². The standard InChI is InChI=1S/C16H30N4/c1-4-19(16-8-6-5-7-14(16)11-17)12-15-9-10-20(18-15)13(2)3/h9-10,13-14,16H,4-8,11-12,17H2,1-3H3. The molecule has 1 fully saturated rings. The largest absolute Gasteiger partial charge is 0.330 e. The van der Waals surface area contributed by atoms with Gasteiger partial charge in [-0.3, -0.25) is 9.58 Å². The molecule has 20 heavy (non-hydrogen) atoms. The predicted octanol–water partition coefficient (Wildman–Crippen LogP) is 2.80. The molecule has 0 bridgehead atoms. The molecule has 4 nitrogen and oxygen atoms in total. The lowest BCUT2D eigenvalue weighted by Crippen LogP contribution is -2.44. The van der Waals surface area contributed by atoms with Gasteiger partial charge in [0.25, 0.3) is 0 Å². The molecule has 1 aromatic heterocycles. The van der Waals surface area contributed by atoms with Crippen LogP contribution < -0.4 is 5.73 Å². The summed E-state index contributed by atoms with van der Waals surface area (Å²) < 4.78 is 2.05. The summed E-state index contributed by atoms with van der Waals surface area (Å²) in [4.78, 5) is 2.57. The Bertz CT molecular complexity index is 399. The van der Waals surface area contributed by atoms with Gasteiger partial charge in [-0.1, -0.05) is 19.8 Å². The normalized spacial score (nSPS) is 23.7. The molecule has 1 aromatic rings. The second-order valence-corrected chi connectivity index (χ2v) is 6.29. The second kappa shape index (κ2) is 7.23. The Morgan fingerprint density at radius 2 is 2.15 bits per heavy atom. The molecule has 1 aliphatic rings. The zero-order chi connectivity index (χ0) is 14.5. The van der Waals surface area contributed by atoms with E-state index in [9.17, 15) is 0 Å². The topological polar surface area (TPSA) is 47.1 Å². The summed E-state index contributed by atoms with van der Waals surface area (Å²) in [5, 5.41) is 4.69. The Kier molecular flexibility index (Phi) is 5.61. The van der Waals surface area contributed by atoms with Crippen LogP contribution in [0.15, 0.2) is 12.3 Å². The van der Waals surface area contributed by atoms with E-state index in [2.05, 4.69) is 43.0 Å². The van der Waals surface area contributed by atoms with Crippen molar-refractivity contribution < 1.29 is 0 Å². The average Bonchev–Trinajstić information content (AvgIpc) is 2.93. The molecule has 0 amide bonds. The molecule has 2 rings (SSSR count). The van der Waals surface area contributed by atoms with Crippen LogP contribution in [0.2, 0.25) is 0 Å². The van der Waals surface area contributed by atoms with E-state index < -0.39 is 0 Å². The average molecular weight is 278 g/mol. The third-order valence-electron chi connectivity index (χ3n) is 4.60. The summed E-state index contributed by atoms with van der Waals surface area (Å²) in [6, 6.07) is 3.23. The molecule has 0 aromatic carbocycles. The SMILES string of the molecule is CCN(Cc1ccn(C(C)C)n1)C1CCCCC1CN. The summed E-state index contributed by atoms with van der Waals surface area (Å²) in [5.74, 6) is 0.663. The highest BCUT2D eigenvalue weighted by molar-refractivity contribution is 5.00. The Morgan fingerprint density at radius 3 is 2.75 bits per heavy atom. The number of hydrogen-bond acceptors (Lipinski definition) is 3. The fourth-order valence-electron chi connectivity index (χ4n) is 3.36. The van der Waals surface area contributed by atoms with Crippen LogP contribution >= 0.6 is 0 Å². The molecule has 1 saturated carbocycles. The lowest BCUT2D eigenvalue weighted by molar-refractivity contribution is 0.104.